The van der Waals surface area contributed by atoms with Gasteiger partial charge in [-0.05, 0) is 13.2 Å². The van der Waals surface area contributed by atoms with Gasteiger partial charge in [0.05, 0.1) is 11.8 Å². The number of oxime groups is 2. The molecule has 0 radical (unpaired) electrons. The molecule has 0 bridgehead atoms. The summed E-state index contributed by atoms with van der Waals surface area (Å²) in [5.74, 6) is 1.42. The Morgan fingerprint density at radius 2 is 1.63 bits per heavy atom. The lowest BCUT2D eigenvalue weighted by molar-refractivity contribution is 0.151. The zero-order chi connectivity index (χ0) is 21.3. The molecule has 0 unspecified atom stereocenters. The molecule has 0 saturated carbocycles. The molecule has 0 fully saturated rings. The lowest BCUT2D eigenvalue weighted by Crippen LogP contribution is -2.25. The summed E-state index contributed by atoms with van der Waals surface area (Å²) >= 11 is 3.03. The van der Waals surface area contributed by atoms with Gasteiger partial charge in [0.2, 0.25) is 0 Å². The van der Waals surface area contributed by atoms with E-state index < -0.39 is 12.2 Å². The van der Waals surface area contributed by atoms with E-state index in [2.05, 4.69) is 30.6 Å². The number of nitrogens with one attached hydrogen (secondary N) is 2. The summed E-state index contributed by atoms with van der Waals surface area (Å²) in [7, 11) is 2.96. The number of nitriles is 1. The number of thioether (sulfide) groups is 2. The second-order valence-electron chi connectivity index (χ2n) is 5.85. The summed E-state index contributed by atoms with van der Waals surface area (Å²) in [6, 6.07) is 2.00. The Bertz CT molecular complexity index is 554. The van der Waals surface area contributed by atoms with E-state index in [0.717, 1.165) is 11.5 Å². The van der Waals surface area contributed by atoms with Gasteiger partial charge >= 0.3 is 12.2 Å². The largest absolute Gasteiger partial charge is 0.433 e. The minimum absolute atomic E-state index is 0.0724. The number of carbonyl (C=O) groups excluding carboxylic acids is 2. The fraction of sp³-hybridized carbons (Fsp3) is 0.688. The highest BCUT2D eigenvalue weighted by molar-refractivity contribution is 8.13. The zero-order valence-corrected chi connectivity index (χ0v) is 18.5. The molecule has 0 aliphatic rings. The van der Waals surface area contributed by atoms with Gasteiger partial charge in [-0.2, -0.15) is 17.0 Å². The van der Waals surface area contributed by atoms with Crippen LogP contribution in [0.5, 0.6) is 0 Å². The van der Waals surface area contributed by atoms with Crippen LogP contribution in [0.2, 0.25) is 0 Å². The molecule has 0 aromatic carbocycles. The predicted molar refractivity (Wildman–Crippen MR) is 112 cm³/mol. The van der Waals surface area contributed by atoms with E-state index in [4.69, 9.17) is 5.26 Å². The number of hydrogen-bond donors (Lipinski definition) is 2. The second-order valence-corrected chi connectivity index (χ2v) is 8.00. The first kappa shape index (κ1) is 27.3. The quantitative estimate of drug-likeness (QED) is 0.222. The standard InChI is InChI=1S/C9H18N2O2S.C7H11N3O2S/c1-9(2,3)7(6-14-5)11-13-8(12)10-4;1-6(13-5-3-4-8)10-12-7(11)9-2/h6H2,1-5H3,(H,10,12);3,5H2,1-2H3,(H,9,11)/b;10-6-. The maximum absolute atomic E-state index is 10.8. The van der Waals surface area contributed by atoms with Crippen molar-refractivity contribution in [2.24, 2.45) is 15.7 Å². The van der Waals surface area contributed by atoms with Crippen LogP contribution in [0.15, 0.2) is 10.3 Å². The van der Waals surface area contributed by atoms with E-state index in [0.29, 0.717) is 17.2 Å². The summed E-state index contributed by atoms with van der Waals surface area (Å²) in [6.07, 6.45) is 1.31. The molecule has 0 aliphatic carbocycles. The first-order valence-electron chi connectivity index (χ1n) is 8.00. The van der Waals surface area contributed by atoms with Crippen molar-refractivity contribution in [3.63, 3.8) is 0 Å². The Kier molecular flexibility index (Phi) is 16.4. The third-order valence-electron chi connectivity index (χ3n) is 2.58. The van der Waals surface area contributed by atoms with Crippen LogP contribution in [0.4, 0.5) is 9.59 Å². The summed E-state index contributed by atoms with van der Waals surface area (Å²) < 4.78 is 0. The van der Waals surface area contributed by atoms with E-state index in [1.165, 1.54) is 25.9 Å². The number of nitrogens with zero attached hydrogens (tertiary/aromatic N) is 3. The highest BCUT2D eigenvalue weighted by atomic mass is 32.2. The maximum Gasteiger partial charge on any atom is 0.433 e. The second kappa shape index (κ2) is 16.3. The van der Waals surface area contributed by atoms with Crippen molar-refractivity contribution >= 4 is 46.5 Å². The lowest BCUT2D eigenvalue weighted by Gasteiger charge is -2.19. The van der Waals surface area contributed by atoms with E-state index in [1.807, 2.05) is 33.1 Å². The molecular formula is C16H29N5O4S2. The first-order valence-corrected chi connectivity index (χ1v) is 10.4. The molecule has 27 heavy (non-hydrogen) atoms. The molecule has 11 heteroatoms. The molecule has 0 spiro atoms. The Labute approximate surface area is 169 Å². The van der Waals surface area contributed by atoms with Crippen LogP contribution in [0.3, 0.4) is 0 Å². The van der Waals surface area contributed by atoms with Crippen molar-refractivity contribution in [3.05, 3.63) is 0 Å². The highest BCUT2D eigenvalue weighted by Gasteiger charge is 2.19. The molecule has 0 aromatic rings. The number of carbonyl (C=O) groups is 2. The molecule has 9 nitrogen and oxygen atoms in total. The van der Waals surface area contributed by atoms with Gasteiger partial charge in [0.25, 0.3) is 0 Å². The van der Waals surface area contributed by atoms with Gasteiger partial charge < -0.3 is 10.6 Å². The minimum Gasteiger partial charge on any atom is -0.323 e. The maximum atomic E-state index is 10.8. The van der Waals surface area contributed by atoms with E-state index in [-0.39, 0.29) is 5.41 Å². The molecule has 154 valence electrons. The molecule has 0 saturated heterocycles. The van der Waals surface area contributed by atoms with Gasteiger partial charge in [-0.3, -0.25) is 9.68 Å². The van der Waals surface area contributed by atoms with Crippen molar-refractivity contribution < 1.29 is 19.3 Å². The smallest absolute Gasteiger partial charge is 0.323 e. The Balaban J connectivity index is 0. The number of hydrogen-bond acceptors (Lipinski definition) is 9. The van der Waals surface area contributed by atoms with Crippen molar-refractivity contribution in [2.45, 2.75) is 34.1 Å². The van der Waals surface area contributed by atoms with E-state index in [1.54, 1.807) is 18.7 Å². The van der Waals surface area contributed by atoms with Crippen LogP contribution < -0.4 is 10.6 Å². The van der Waals surface area contributed by atoms with Crippen molar-refractivity contribution in [1.29, 1.82) is 5.26 Å². The van der Waals surface area contributed by atoms with Crippen LogP contribution in [0, 0.1) is 16.7 Å². The van der Waals surface area contributed by atoms with Crippen LogP contribution >= 0.6 is 23.5 Å². The fourth-order valence-corrected chi connectivity index (χ4v) is 2.42. The van der Waals surface area contributed by atoms with Gasteiger partial charge in [-0.1, -0.05) is 31.1 Å². The molecule has 0 aliphatic heterocycles. The van der Waals surface area contributed by atoms with Crippen molar-refractivity contribution in [3.8, 4) is 6.07 Å². The molecular weight excluding hydrogens is 390 g/mol. The van der Waals surface area contributed by atoms with Gasteiger partial charge in [-0.15, -0.1) is 11.8 Å². The summed E-state index contributed by atoms with van der Waals surface area (Å²) in [5, 5.41) is 20.8. The molecule has 2 amide bonds. The van der Waals surface area contributed by atoms with Crippen LogP contribution in [-0.4, -0.2) is 54.8 Å². The Hall–Kier alpha value is -1.93. The minimum atomic E-state index is -0.597. The van der Waals surface area contributed by atoms with Gasteiger partial charge in [0.1, 0.15) is 5.04 Å². The average molecular weight is 420 g/mol. The van der Waals surface area contributed by atoms with Crippen LogP contribution in [-0.2, 0) is 9.68 Å². The number of rotatable bonds is 6. The fourth-order valence-electron chi connectivity index (χ4n) is 1.08. The predicted octanol–water partition coefficient (Wildman–Crippen LogP) is 3.43. The summed E-state index contributed by atoms with van der Waals surface area (Å²) in [6.45, 7) is 7.82. The van der Waals surface area contributed by atoms with E-state index >= 15 is 0 Å². The van der Waals surface area contributed by atoms with Gasteiger partial charge in [0, 0.05) is 37.4 Å². The molecule has 2 N–H and O–H groups in total. The molecule has 0 rings (SSSR count). The summed E-state index contributed by atoms with van der Waals surface area (Å²) in [5.41, 5.74) is 0.797. The SMILES string of the molecule is CNC(=O)O/N=C(/C)SCCC#N.CNC(=O)ON=C(CSC)C(C)(C)C. The van der Waals surface area contributed by atoms with Crippen molar-refractivity contribution in [2.75, 3.05) is 31.9 Å². The topological polar surface area (TPSA) is 125 Å². The summed E-state index contributed by atoms with van der Waals surface area (Å²) in [4.78, 5) is 30.4. The normalized spacial score (nSPS) is 11.5. The Morgan fingerprint density at radius 1 is 1.11 bits per heavy atom. The van der Waals surface area contributed by atoms with Gasteiger partial charge in [-0.25, -0.2) is 9.59 Å². The lowest BCUT2D eigenvalue weighted by atomic mass is 9.91. The third kappa shape index (κ3) is 17.3. The molecule has 0 heterocycles. The number of amides is 2. The molecule has 0 atom stereocenters. The third-order valence-corrected chi connectivity index (χ3v) is 4.04. The zero-order valence-electron chi connectivity index (χ0n) is 16.9. The first-order chi connectivity index (χ1) is 12.6. The monoisotopic (exact) mass is 419 g/mol. The molecule has 0 aromatic heterocycles. The van der Waals surface area contributed by atoms with Crippen molar-refractivity contribution in [1.82, 2.24) is 10.6 Å². The highest BCUT2D eigenvalue weighted by Crippen LogP contribution is 2.18. The van der Waals surface area contributed by atoms with Crippen LogP contribution in [0.1, 0.15) is 34.1 Å². The Morgan fingerprint density at radius 3 is 2.04 bits per heavy atom. The van der Waals surface area contributed by atoms with Crippen LogP contribution in [0.25, 0.3) is 0 Å². The van der Waals surface area contributed by atoms with E-state index in [9.17, 15) is 9.59 Å². The van der Waals surface area contributed by atoms with Gasteiger partial charge in [0.15, 0.2) is 0 Å². The average Bonchev–Trinajstić information content (AvgIpc) is 2.62.